The summed E-state index contributed by atoms with van der Waals surface area (Å²) in [5, 5.41) is 2.29. The number of nitrogens with zero attached hydrogens (tertiary/aromatic N) is 1. The summed E-state index contributed by atoms with van der Waals surface area (Å²) in [5.41, 5.74) is 13.6. The number of para-hydroxylation sites is 2. The molecule has 0 amide bonds. The Kier molecular flexibility index (Phi) is 6.47. The van der Waals surface area contributed by atoms with Crippen molar-refractivity contribution in [3.63, 3.8) is 0 Å². The molecule has 0 spiro atoms. The summed E-state index contributed by atoms with van der Waals surface area (Å²) in [7, 11) is 0. The fourth-order valence-electron chi connectivity index (χ4n) is 8.26. The number of hydrogen-bond donors (Lipinski definition) is 0. The number of allylic oxidation sites excluding steroid dienone is 7. The Bertz CT molecular complexity index is 2280. The molecule has 2 nitrogen and oxygen atoms in total. The van der Waals surface area contributed by atoms with Gasteiger partial charge in [0.1, 0.15) is 5.58 Å². The van der Waals surface area contributed by atoms with Crippen LogP contribution in [0.1, 0.15) is 60.8 Å². The van der Waals surface area contributed by atoms with E-state index in [4.69, 9.17) is 4.42 Å². The molecule has 6 aromatic rings. The molecule has 3 aliphatic rings. The zero-order chi connectivity index (χ0) is 31.5. The second-order valence-corrected chi connectivity index (χ2v) is 13.7. The molecule has 0 N–H and O–H groups in total. The molecule has 47 heavy (non-hydrogen) atoms. The number of benzene rings is 5. The van der Waals surface area contributed by atoms with Crippen LogP contribution < -0.4 is 4.90 Å². The van der Waals surface area contributed by atoms with Gasteiger partial charge in [-0.1, -0.05) is 141 Å². The van der Waals surface area contributed by atoms with E-state index in [2.05, 4.69) is 164 Å². The van der Waals surface area contributed by atoms with Gasteiger partial charge in [0, 0.05) is 39.4 Å². The van der Waals surface area contributed by atoms with Crippen molar-refractivity contribution in [2.45, 2.75) is 43.9 Å². The average molecular weight is 608 g/mol. The van der Waals surface area contributed by atoms with E-state index in [1.807, 2.05) is 6.07 Å². The molecule has 0 saturated carbocycles. The topological polar surface area (TPSA) is 16.4 Å². The lowest BCUT2D eigenvalue weighted by Gasteiger charge is -2.33. The Hall–Kier alpha value is -5.34. The molecule has 1 aromatic heterocycles. The van der Waals surface area contributed by atoms with Crippen molar-refractivity contribution in [3.8, 4) is 0 Å². The molecule has 9 rings (SSSR count). The highest BCUT2D eigenvalue weighted by Crippen LogP contribution is 2.54. The van der Waals surface area contributed by atoms with Crippen LogP contribution in [-0.2, 0) is 5.41 Å². The molecule has 2 unspecified atom stereocenters. The molecule has 5 aromatic carbocycles. The molecule has 3 aliphatic carbocycles. The maximum atomic E-state index is 6.62. The second-order valence-electron chi connectivity index (χ2n) is 13.7. The van der Waals surface area contributed by atoms with Crippen molar-refractivity contribution in [2.24, 2.45) is 0 Å². The van der Waals surface area contributed by atoms with Gasteiger partial charge in [0.05, 0.1) is 5.69 Å². The number of hydrogen-bond acceptors (Lipinski definition) is 2. The van der Waals surface area contributed by atoms with Crippen LogP contribution in [-0.4, -0.2) is 0 Å². The third-order valence-electron chi connectivity index (χ3n) is 10.7. The third-order valence-corrected chi connectivity index (χ3v) is 10.7. The van der Waals surface area contributed by atoms with E-state index >= 15 is 0 Å². The molecule has 2 heteroatoms. The molecule has 2 atom stereocenters. The van der Waals surface area contributed by atoms with E-state index in [-0.39, 0.29) is 5.41 Å². The Morgan fingerprint density at radius 2 is 1.51 bits per heavy atom. The van der Waals surface area contributed by atoms with E-state index in [9.17, 15) is 0 Å². The largest absolute Gasteiger partial charge is 0.454 e. The van der Waals surface area contributed by atoms with Crippen LogP contribution in [0.5, 0.6) is 0 Å². The zero-order valence-electron chi connectivity index (χ0n) is 26.9. The minimum Gasteiger partial charge on any atom is -0.454 e. The smallest absolute Gasteiger partial charge is 0.159 e. The van der Waals surface area contributed by atoms with Crippen molar-refractivity contribution in [1.29, 1.82) is 0 Å². The van der Waals surface area contributed by atoms with Crippen molar-refractivity contribution in [3.05, 3.63) is 185 Å². The van der Waals surface area contributed by atoms with E-state index in [0.29, 0.717) is 11.8 Å². The Labute approximate surface area is 276 Å². The summed E-state index contributed by atoms with van der Waals surface area (Å²) in [6.07, 6.45) is 13.7. The fourth-order valence-corrected chi connectivity index (χ4v) is 8.26. The first-order chi connectivity index (χ1) is 23.1. The van der Waals surface area contributed by atoms with E-state index in [1.54, 1.807) is 0 Å². The van der Waals surface area contributed by atoms with Gasteiger partial charge in [-0.25, -0.2) is 0 Å². The average Bonchev–Trinajstić information content (AvgIpc) is 3.62. The SMILES string of the molecule is CC1(C)C2=CC(N(c3ccc(C4=CC=CC(c5ccccc5)C4)cc3)c3cccc4c3oc3ccccc34)=CCC2c2ccccc21. The first-order valence-corrected chi connectivity index (χ1v) is 16.8. The molecule has 0 aliphatic heterocycles. The standard InChI is InChI=1S/C45H37NO/c1-45(2)40-19-8-6-16-36(40)37-27-26-35(29-41(37)45)46(42-20-11-18-39-38-17-7-9-21-43(38)47-44(39)42)34-24-22-31(23-25-34)33-15-10-14-32(28-33)30-12-4-3-5-13-30/h3-26,29,32,37H,27-28H2,1-2H3. The van der Waals surface area contributed by atoms with E-state index in [0.717, 1.165) is 46.2 Å². The lowest BCUT2D eigenvalue weighted by molar-refractivity contribution is 0.609. The fraction of sp³-hybridized carbons (Fsp3) is 0.156. The van der Waals surface area contributed by atoms with Gasteiger partial charge < -0.3 is 9.32 Å². The van der Waals surface area contributed by atoms with Gasteiger partial charge in [0.2, 0.25) is 0 Å². The molecule has 228 valence electrons. The summed E-state index contributed by atoms with van der Waals surface area (Å²) in [6, 6.07) is 43.9. The van der Waals surface area contributed by atoms with Crippen LogP contribution in [0.3, 0.4) is 0 Å². The minimum absolute atomic E-state index is 0.0298. The molecule has 0 saturated heterocycles. The first kappa shape index (κ1) is 27.9. The predicted molar refractivity (Wildman–Crippen MR) is 196 cm³/mol. The van der Waals surface area contributed by atoms with Crippen molar-refractivity contribution in [2.75, 3.05) is 4.90 Å². The summed E-state index contributed by atoms with van der Waals surface area (Å²) < 4.78 is 6.62. The van der Waals surface area contributed by atoms with Gasteiger partial charge in [0.15, 0.2) is 5.58 Å². The molecule has 0 radical (unpaired) electrons. The van der Waals surface area contributed by atoms with Crippen molar-refractivity contribution in [1.82, 2.24) is 0 Å². The lowest BCUT2D eigenvalue weighted by atomic mass is 9.78. The van der Waals surface area contributed by atoms with Crippen molar-refractivity contribution >= 4 is 38.9 Å². The van der Waals surface area contributed by atoms with E-state index in [1.165, 1.54) is 39.1 Å². The van der Waals surface area contributed by atoms with Gasteiger partial charge in [0.25, 0.3) is 0 Å². The maximum absolute atomic E-state index is 6.62. The highest BCUT2D eigenvalue weighted by molar-refractivity contribution is 6.09. The Morgan fingerprint density at radius 1 is 0.745 bits per heavy atom. The molecule has 1 heterocycles. The summed E-state index contributed by atoms with van der Waals surface area (Å²) in [5.74, 6) is 0.809. The third kappa shape index (κ3) is 4.54. The zero-order valence-corrected chi connectivity index (χ0v) is 26.9. The van der Waals surface area contributed by atoms with Gasteiger partial charge in [-0.2, -0.15) is 0 Å². The van der Waals surface area contributed by atoms with Crippen LogP contribution >= 0.6 is 0 Å². The monoisotopic (exact) mass is 607 g/mol. The van der Waals surface area contributed by atoms with Gasteiger partial charge in [-0.05, 0) is 71.0 Å². The number of furan rings is 1. The summed E-state index contributed by atoms with van der Waals surface area (Å²) in [6.45, 7) is 4.77. The van der Waals surface area contributed by atoms with Crippen LogP contribution in [0.25, 0.3) is 27.5 Å². The van der Waals surface area contributed by atoms with Crippen LogP contribution in [0, 0.1) is 0 Å². The lowest BCUT2D eigenvalue weighted by Crippen LogP contribution is -2.22. The number of fused-ring (bicyclic) bond motifs is 6. The molecular formula is C45H37NO. The van der Waals surface area contributed by atoms with Crippen LogP contribution in [0.2, 0.25) is 0 Å². The van der Waals surface area contributed by atoms with Gasteiger partial charge >= 0.3 is 0 Å². The van der Waals surface area contributed by atoms with Crippen LogP contribution in [0.15, 0.2) is 167 Å². The second kappa shape index (κ2) is 10.9. The normalized spacial score (nSPS) is 19.6. The van der Waals surface area contributed by atoms with Gasteiger partial charge in [-0.3, -0.25) is 0 Å². The summed E-state index contributed by atoms with van der Waals surface area (Å²) >= 11 is 0. The number of rotatable bonds is 5. The van der Waals surface area contributed by atoms with Gasteiger partial charge in [-0.15, -0.1) is 0 Å². The molecule has 0 fully saturated rings. The van der Waals surface area contributed by atoms with Crippen molar-refractivity contribution < 1.29 is 4.42 Å². The highest BCUT2D eigenvalue weighted by Gasteiger charge is 2.42. The highest BCUT2D eigenvalue weighted by atomic mass is 16.3. The van der Waals surface area contributed by atoms with E-state index < -0.39 is 0 Å². The maximum Gasteiger partial charge on any atom is 0.159 e. The Balaban J connectivity index is 1.15. The molecule has 0 bridgehead atoms. The quantitative estimate of drug-likeness (QED) is 0.194. The number of anilines is 2. The molecular weight excluding hydrogens is 571 g/mol. The van der Waals surface area contributed by atoms with Crippen LogP contribution in [0.4, 0.5) is 11.4 Å². The first-order valence-electron chi connectivity index (χ1n) is 16.8. The summed E-state index contributed by atoms with van der Waals surface area (Å²) in [4.78, 5) is 2.42. The minimum atomic E-state index is -0.0298. The Morgan fingerprint density at radius 3 is 2.38 bits per heavy atom. The predicted octanol–water partition coefficient (Wildman–Crippen LogP) is 12.1.